The minimum atomic E-state index is -4.20. The van der Waals surface area contributed by atoms with E-state index in [4.69, 9.17) is 46.4 Å². The first-order chi connectivity index (χ1) is 21.7. The third-order valence-corrected chi connectivity index (χ3v) is 11.2. The van der Waals surface area contributed by atoms with Crippen LogP contribution in [-0.2, 0) is 29.6 Å². The number of amides is 2. The summed E-state index contributed by atoms with van der Waals surface area (Å²) in [5.41, 5.74) is 0.789. The summed E-state index contributed by atoms with van der Waals surface area (Å²) in [7, 11) is -8.40. The Hall–Kier alpha value is -3.78. The van der Waals surface area contributed by atoms with Crippen LogP contribution in [0.3, 0.4) is 0 Å². The number of anilines is 4. The van der Waals surface area contributed by atoms with Crippen LogP contribution in [0, 0.1) is 11.8 Å². The third kappa shape index (κ3) is 7.27. The Morgan fingerprint density at radius 2 is 0.935 bits per heavy atom. The number of hydrogen-bond acceptors (Lipinski definition) is 6. The number of benzene rings is 4. The van der Waals surface area contributed by atoms with Gasteiger partial charge in [-0.05, 0) is 60.7 Å². The molecule has 2 amide bonds. The fourth-order valence-electron chi connectivity index (χ4n) is 4.46. The topological polar surface area (TPSA) is 151 Å². The van der Waals surface area contributed by atoms with Crippen LogP contribution < -0.4 is 20.1 Å². The minimum absolute atomic E-state index is 0.1000. The SMILES string of the molecule is C=C1C(C(=O)Nc2ccc(Cl)c(S(=O)(=O)Nc3ccccc3Cl)c2)C1C(=O)Nc1ccc(Cl)c(S(=O)(=O)Nc2ccccc2Cl)c1. The molecule has 0 bridgehead atoms. The van der Waals surface area contributed by atoms with E-state index in [-0.39, 0.29) is 52.6 Å². The van der Waals surface area contributed by atoms with Gasteiger partial charge in [-0.15, -0.1) is 0 Å². The smallest absolute Gasteiger partial charge is 0.263 e. The molecule has 1 saturated carbocycles. The summed E-state index contributed by atoms with van der Waals surface area (Å²) < 4.78 is 56.9. The lowest BCUT2D eigenvalue weighted by atomic mass is 10.2. The third-order valence-electron chi connectivity index (χ3n) is 6.80. The first-order valence-corrected chi connectivity index (χ1v) is 17.6. The van der Waals surface area contributed by atoms with Gasteiger partial charge in [0.05, 0.1) is 43.3 Å². The largest absolute Gasteiger partial charge is 0.325 e. The maximum absolute atomic E-state index is 13.1. The maximum Gasteiger partial charge on any atom is 0.263 e. The molecule has 0 radical (unpaired) electrons. The average molecular weight is 740 g/mol. The standard InChI is InChI=1S/C30H22Cl4N4O6S2/c1-16-27(29(39)35-17-10-12-21(33)25(14-17)45(41,42)37-23-8-4-2-6-19(23)31)28(16)30(40)36-18-11-13-22(34)26(15-18)46(43,44)38-24-9-5-3-7-20(24)32/h2-15,27-28,37-38H,1H2,(H,35,39)(H,36,40). The highest BCUT2D eigenvalue weighted by molar-refractivity contribution is 7.93. The molecular formula is C30H22Cl4N4O6S2. The molecule has 5 rings (SSSR count). The Bertz CT molecular complexity index is 1980. The van der Waals surface area contributed by atoms with Crippen LogP contribution in [0.2, 0.25) is 20.1 Å². The van der Waals surface area contributed by atoms with Crippen LogP contribution >= 0.6 is 46.4 Å². The molecule has 2 atom stereocenters. The van der Waals surface area contributed by atoms with Gasteiger partial charge in [0.25, 0.3) is 20.0 Å². The summed E-state index contributed by atoms with van der Waals surface area (Å²) >= 11 is 24.5. The number of para-hydroxylation sites is 2. The predicted octanol–water partition coefficient (Wildman–Crippen LogP) is 7.28. The Morgan fingerprint density at radius 3 is 1.30 bits per heavy atom. The summed E-state index contributed by atoms with van der Waals surface area (Å²) in [5.74, 6) is -3.10. The molecule has 46 heavy (non-hydrogen) atoms. The van der Waals surface area contributed by atoms with Crippen molar-refractivity contribution in [3.05, 3.63) is 117 Å². The number of carbonyl (C=O) groups is 2. The van der Waals surface area contributed by atoms with E-state index in [9.17, 15) is 26.4 Å². The van der Waals surface area contributed by atoms with Gasteiger partial charge < -0.3 is 10.6 Å². The van der Waals surface area contributed by atoms with Gasteiger partial charge in [0.15, 0.2) is 0 Å². The molecule has 0 aromatic heterocycles. The highest BCUT2D eigenvalue weighted by Crippen LogP contribution is 2.46. The number of halogens is 4. The van der Waals surface area contributed by atoms with E-state index in [1.165, 1.54) is 60.7 Å². The lowest BCUT2D eigenvalue weighted by molar-refractivity contribution is -0.122. The van der Waals surface area contributed by atoms with E-state index >= 15 is 0 Å². The molecule has 4 N–H and O–H groups in total. The van der Waals surface area contributed by atoms with E-state index in [1.807, 2.05) is 0 Å². The molecule has 4 aromatic carbocycles. The first kappa shape index (κ1) is 33.6. The lowest BCUT2D eigenvalue weighted by Crippen LogP contribution is -2.21. The van der Waals surface area contributed by atoms with Crippen molar-refractivity contribution in [1.82, 2.24) is 0 Å². The van der Waals surface area contributed by atoms with Crippen LogP contribution in [0.15, 0.2) is 107 Å². The summed E-state index contributed by atoms with van der Waals surface area (Å²) in [6.07, 6.45) is 0. The summed E-state index contributed by atoms with van der Waals surface area (Å²) in [4.78, 5) is 25.5. The molecule has 10 nitrogen and oxygen atoms in total. The molecule has 0 aliphatic heterocycles. The Kier molecular flexibility index (Phi) is 9.60. The lowest BCUT2D eigenvalue weighted by Gasteiger charge is -2.13. The van der Waals surface area contributed by atoms with Crippen LogP contribution in [0.5, 0.6) is 0 Å². The second kappa shape index (κ2) is 13.1. The van der Waals surface area contributed by atoms with Crippen molar-refractivity contribution in [3.63, 3.8) is 0 Å². The monoisotopic (exact) mass is 738 g/mol. The zero-order chi connectivity index (χ0) is 33.4. The summed E-state index contributed by atoms with van der Waals surface area (Å²) in [6.45, 7) is 3.81. The van der Waals surface area contributed by atoms with Gasteiger partial charge in [0.1, 0.15) is 9.79 Å². The zero-order valence-corrected chi connectivity index (χ0v) is 27.9. The Morgan fingerprint density at radius 1 is 0.565 bits per heavy atom. The van der Waals surface area contributed by atoms with Gasteiger partial charge >= 0.3 is 0 Å². The van der Waals surface area contributed by atoms with Crippen molar-refractivity contribution in [3.8, 4) is 0 Å². The highest BCUT2D eigenvalue weighted by Gasteiger charge is 2.52. The first-order valence-electron chi connectivity index (χ1n) is 13.1. The second-order valence-corrected chi connectivity index (χ2v) is 14.9. The number of hydrogen-bond donors (Lipinski definition) is 4. The van der Waals surface area contributed by atoms with E-state index < -0.39 is 43.7 Å². The summed E-state index contributed by atoms with van der Waals surface area (Å²) in [5, 5.41) is 5.33. The molecule has 1 aliphatic rings. The number of sulfonamides is 2. The molecule has 1 aliphatic carbocycles. The molecule has 1 fully saturated rings. The van der Waals surface area contributed by atoms with Crippen LogP contribution in [0.25, 0.3) is 0 Å². The normalized spacial score (nSPS) is 16.0. The van der Waals surface area contributed by atoms with Crippen molar-refractivity contribution in [2.24, 2.45) is 11.8 Å². The van der Waals surface area contributed by atoms with Crippen molar-refractivity contribution >= 4 is 101 Å². The van der Waals surface area contributed by atoms with Crippen molar-refractivity contribution in [1.29, 1.82) is 0 Å². The molecular weight excluding hydrogens is 718 g/mol. The maximum atomic E-state index is 13.1. The quantitative estimate of drug-likeness (QED) is 0.126. The van der Waals surface area contributed by atoms with Crippen molar-refractivity contribution in [2.45, 2.75) is 9.79 Å². The summed E-state index contributed by atoms with van der Waals surface area (Å²) in [6, 6.07) is 20.2. The minimum Gasteiger partial charge on any atom is -0.325 e. The van der Waals surface area contributed by atoms with Gasteiger partial charge in [-0.1, -0.05) is 82.8 Å². The molecule has 238 valence electrons. The highest BCUT2D eigenvalue weighted by atomic mass is 35.5. The van der Waals surface area contributed by atoms with E-state index in [1.54, 1.807) is 24.3 Å². The van der Waals surface area contributed by atoms with Crippen LogP contribution in [0.1, 0.15) is 0 Å². The van der Waals surface area contributed by atoms with Gasteiger partial charge in [0.2, 0.25) is 11.8 Å². The van der Waals surface area contributed by atoms with Crippen molar-refractivity contribution < 1.29 is 26.4 Å². The second-order valence-electron chi connectivity index (χ2n) is 9.97. The predicted molar refractivity (Wildman–Crippen MR) is 181 cm³/mol. The zero-order valence-electron chi connectivity index (χ0n) is 23.2. The van der Waals surface area contributed by atoms with Gasteiger partial charge in [-0.25, -0.2) is 16.8 Å². The molecule has 0 heterocycles. The van der Waals surface area contributed by atoms with Crippen LogP contribution in [-0.4, -0.2) is 28.6 Å². The molecule has 16 heteroatoms. The Balaban J connectivity index is 1.27. The molecule has 4 aromatic rings. The average Bonchev–Trinajstić information content (AvgIpc) is 3.68. The van der Waals surface area contributed by atoms with Crippen molar-refractivity contribution in [2.75, 3.05) is 20.1 Å². The number of nitrogens with one attached hydrogen (secondary N) is 4. The van der Waals surface area contributed by atoms with Gasteiger partial charge in [-0.2, -0.15) is 0 Å². The van der Waals surface area contributed by atoms with E-state index in [0.717, 1.165) is 0 Å². The fourth-order valence-corrected chi connectivity index (χ4v) is 8.15. The number of rotatable bonds is 10. The molecule has 2 unspecified atom stereocenters. The van der Waals surface area contributed by atoms with Gasteiger partial charge in [0, 0.05) is 11.4 Å². The van der Waals surface area contributed by atoms with E-state index in [2.05, 4.69) is 26.7 Å². The Labute approximate surface area is 284 Å². The fraction of sp³-hybridized carbons (Fsp3) is 0.0667. The van der Waals surface area contributed by atoms with Crippen LogP contribution in [0.4, 0.5) is 22.7 Å². The van der Waals surface area contributed by atoms with Gasteiger partial charge in [-0.3, -0.25) is 19.0 Å². The van der Waals surface area contributed by atoms with E-state index in [0.29, 0.717) is 5.57 Å². The molecule has 0 saturated heterocycles. The number of carbonyl (C=O) groups excluding carboxylic acids is 2. The molecule has 0 spiro atoms.